The van der Waals surface area contributed by atoms with Gasteiger partial charge in [0.05, 0.1) is 20.6 Å². The summed E-state index contributed by atoms with van der Waals surface area (Å²) in [4.78, 5) is 24.0. The summed E-state index contributed by atoms with van der Waals surface area (Å²) in [5.41, 5.74) is 1.48. The third-order valence-corrected chi connectivity index (χ3v) is 4.33. The monoisotopic (exact) mass is 409 g/mol. The summed E-state index contributed by atoms with van der Waals surface area (Å²) in [7, 11) is 3.04. The quantitative estimate of drug-likeness (QED) is 0.536. The number of methoxy groups -OCH3 is 2. The van der Waals surface area contributed by atoms with Gasteiger partial charge in [0.15, 0.2) is 18.1 Å². The molecule has 2 aromatic carbocycles. The average Bonchev–Trinajstić information content (AvgIpc) is 3.26. The largest absolute Gasteiger partial charge is 0.493 e. The zero-order chi connectivity index (χ0) is 21.3. The van der Waals surface area contributed by atoms with Gasteiger partial charge in [-0.2, -0.15) is 0 Å². The van der Waals surface area contributed by atoms with Gasteiger partial charge in [0, 0.05) is 23.7 Å². The zero-order valence-corrected chi connectivity index (χ0v) is 16.8. The number of ether oxygens (including phenoxy) is 3. The zero-order valence-electron chi connectivity index (χ0n) is 16.8. The topological polar surface area (TPSA) is 87.0 Å². The molecule has 1 heterocycles. The Morgan fingerprint density at radius 2 is 1.70 bits per heavy atom. The predicted octanol–water partition coefficient (Wildman–Crippen LogP) is 4.08. The molecule has 0 saturated carbocycles. The van der Waals surface area contributed by atoms with Crippen LogP contribution in [0.3, 0.4) is 0 Å². The number of benzene rings is 2. The van der Waals surface area contributed by atoms with Crippen molar-refractivity contribution in [3.05, 3.63) is 66.4 Å². The minimum atomic E-state index is -0.477. The van der Waals surface area contributed by atoms with E-state index in [1.54, 1.807) is 18.2 Å². The van der Waals surface area contributed by atoms with Crippen molar-refractivity contribution in [1.29, 1.82) is 0 Å². The van der Waals surface area contributed by atoms with E-state index in [2.05, 4.69) is 5.32 Å². The maximum atomic E-state index is 12.0. The van der Waals surface area contributed by atoms with Crippen LogP contribution >= 0.6 is 0 Å². The van der Waals surface area contributed by atoms with Crippen LogP contribution in [0.25, 0.3) is 11.3 Å². The first-order valence-corrected chi connectivity index (χ1v) is 9.40. The van der Waals surface area contributed by atoms with Crippen molar-refractivity contribution in [2.24, 2.45) is 0 Å². The molecule has 3 rings (SSSR count). The second-order valence-electron chi connectivity index (χ2n) is 6.41. The molecule has 30 heavy (non-hydrogen) atoms. The van der Waals surface area contributed by atoms with Crippen LogP contribution in [0, 0.1) is 0 Å². The second kappa shape index (κ2) is 10.2. The van der Waals surface area contributed by atoms with Crippen LogP contribution in [-0.4, -0.2) is 32.7 Å². The lowest BCUT2D eigenvalue weighted by Crippen LogP contribution is -2.21. The molecule has 3 aromatic rings. The molecule has 0 bridgehead atoms. The second-order valence-corrected chi connectivity index (χ2v) is 6.41. The number of nitrogens with one attached hydrogen (secondary N) is 1. The molecule has 0 spiro atoms. The SMILES string of the molecule is COc1ccc(NC(=O)COC(=O)CCc2ccc(-c3ccccc3)o2)cc1OC. The van der Waals surface area contributed by atoms with Crippen LogP contribution in [-0.2, 0) is 20.7 Å². The van der Waals surface area contributed by atoms with E-state index >= 15 is 0 Å². The number of amides is 1. The molecule has 156 valence electrons. The minimum absolute atomic E-state index is 0.116. The van der Waals surface area contributed by atoms with Gasteiger partial charge >= 0.3 is 5.97 Å². The lowest BCUT2D eigenvalue weighted by atomic mass is 10.2. The first kappa shape index (κ1) is 21.0. The molecular weight excluding hydrogens is 386 g/mol. The fourth-order valence-electron chi connectivity index (χ4n) is 2.82. The molecule has 0 aliphatic heterocycles. The summed E-state index contributed by atoms with van der Waals surface area (Å²) in [5, 5.41) is 2.65. The van der Waals surface area contributed by atoms with Crippen LogP contribution in [0.1, 0.15) is 12.2 Å². The summed E-state index contributed by atoms with van der Waals surface area (Å²) in [6.45, 7) is -0.374. The molecule has 7 heteroatoms. The maximum absolute atomic E-state index is 12.0. The highest BCUT2D eigenvalue weighted by Crippen LogP contribution is 2.29. The molecule has 0 unspecified atom stereocenters. The van der Waals surface area contributed by atoms with Crippen molar-refractivity contribution in [3.8, 4) is 22.8 Å². The molecule has 0 aliphatic carbocycles. The van der Waals surface area contributed by atoms with Crippen molar-refractivity contribution in [2.75, 3.05) is 26.1 Å². The molecular formula is C23H23NO6. The first-order valence-electron chi connectivity index (χ1n) is 9.40. The summed E-state index contributed by atoms with van der Waals surface area (Å²) in [5.74, 6) is 1.54. The Morgan fingerprint density at radius 3 is 2.43 bits per heavy atom. The van der Waals surface area contributed by atoms with Crippen molar-refractivity contribution >= 4 is 17.6 Å². The highest BCUT2D eigenvalue weighted by molar-refractivity contribution is 5.93. The van der Waals surface area contributed by atoms with E-state index in [-0.39, 0.29) is 13.0 Å². The van der Waals surface area contributed by atoms with Crippen LogP contribution in [0.5, 0.6) is 11.5 Å². The number of hydrogen-bond donors (Lipinski definition) is 1. The van der Waals surface area contributed by atoms with Crippen molar-refractivity contribution in [1.82, 2.24) is 0 Å². The van der Waals surface area contributed by atoms with Crippen LogP contribution < -0.4 is 14.8 Å². The number of furan rings is 1. The fourth-order valence-corrected chi connectivity index (χ4v) is 2.82. The molecule has 1 aromatic heterocycles. The van der Waals surface area contributed by atoms with Gasteiger partial charge in [-0.1, -0.05) is 30.3 Å². The standard InChI is InChI=1S/C23H23NO6/c1-27-20-11-8-17(14-21(20)28-2)24-22(25)15-29-23(26)13-10-18-9-12-19(30-18)16-6-4-3-5-7-16/h3-9,11-12,14H,10,13,15H2,1-2H3,(H,24,25). The van der Waals surface area contributed by atoms with Crippen LogP contribution in [0.4, 0.5) is 5.69 Å². The van der Waals surface area contributed by atoms with E-state index in [0.29, 0.717) is 29.4 Å². The normalized spacial score (nSPS) is 10.3. The molecule has 0 radical (unpaired) electrons. The molecule has 0 aliphatic rings. The molecule has 0 fully saturated rings. The first-order chi connectivity index (χ1) is 14.6. The van der Waals surface area contributed by atoms with E-state index < -0.39 is 11.9 Å². The van der Waals surface area contributed by atoms with E-state index in [1.165, 1.54) is 14.2 Å². The minimum Gasteiger partial charge on any atom is -0.493 e. The van der Waals surface area contributed by atoms with Gasteiger partial charge in [-0.3, -0.25) is 9.59 Å². The molecule has 1 N–H and O–H groups in total. The molecule has 0 saturated heterocycles. The Morgan fingerprint density at radius 1 is 0.933 bits per heavy atom. The molecule has 0 atom stereocenters. The van der Waals surface area contributed by atoms with Crippen molar-refractivity contribution in [2.45, 2.75) is 12.8 Å². The summed E-state index contributed by atoms with van der Waals surface area (Å²) in [6.07, 6.45) is 0.508. The van der Waals surface area contributed by atoms with Gasteiger partial charge in [-0.15, -0.1) is 0 Å². The Kier molecular flexibility index (Phi) is 7.10. The Hall–Kier alpha value is -3.74. The number of carbonyl (C=O) groups is 2. The number of rotatable bonds is 9. The van der Waals surface area contributed by atoms with Crippen molar-refractivity contribution in [3.63, 3.8) is 0 Å². The summed E-state index contributed by atoms with van der Waals surface area (Å²) >= 11 is 0. The van der Waals surface area contributed by atoms with Crippen molar-refractivity contribution < 1.29 is 28.2 Å². The fraction of sp³-hybridized carbons (Fsp3) is 0.217. The summed E-state index contributed by atoms with van der Waals surface area (Å²) < 4.78 is 21.1. The number of anilines is 1. The van der Waals surface area contributed by atoms with Gasteiger partial charge in [-0.25, -0.2) is 0 Å². The third-order valence-electron chi connectivity index (χ3n) is 4.33. The lowest BCUT2D eigenvalue weighted by molar-refractivity contribution is -0.147. The third kappa shape index (κ3) is 5.64. The average molecular weight is 409 g/mol. The van der Waals surface area contributed by atoms with Gasteiger partial charge < -0.3 is 23.9 Å². The number of aryl methyl sites for hydroxylation is 1. The number of esters is 1. The Labute approximate surface area is 174 Å². The predicted molar refractivity (Wildman–Crippen MR) is 112 cm³/mol. The smallest absolute Gasteiger partial charge is 0.306 e. The van der Waals surface area contributed by atoms with Crippen LogP contribution in [0.2, 0.25) is 0 Å². The Bertz CT molecular complexity index is 996. The maximum Gasteiger partial charge on any atom is 0.306 e. The summed E-state index contributed by atoms with van der Waals surface area (Å²) in [6, 6.07) is 18.4. The highest BCUT2D eigenvalue weighted by atomic mass is 16.5. The lowest BCUT2D eigenvalue weighted by Gasteiger charge is -2.10. The van der Waals surface area contributed by atoms with Gasteiger partial charge in [0.1, 0.15) is 11.5 Å². The van der Waals surface area contributed by atoms with E-state index in [4.69, 9.17) is 18.6 Å². The Balaban J connectivity index is 1.43. The van der Waals surface area contributed by atoms with E-state index in [0.717, 1.165) is 11.3 Å². The van der Waals surface area contributed by atoms with E-state index in [1.807, 2.05) is 42.5 Å². The number of hydrogen-bond acceptors (Lipinski definition) is 6. The van der Waals surface area contributed by atoms with Gasteiger partial charge in [-0.05, 0) is 24.3 Å². The van der Waals surface area contributed by atoms with E-state index in [9.17, 15) is 9.59 Å². The van der Waals surface area contributed by atoms with Crippen LogP contribution in [0.15, 0.2) is 65.1 Å². The van der Waals surface area contributed by atoms with Gasteiger partial charge in [0.2, 0.25) is 0 Å². The molecule has 7 nitrogen and oxygen atoms in total. The number of carbonyl (C=O) groups excluding carboxylic acids is 2. The van der Waals surface area contributed by atoms with Gasteiger partial charge in [0.25, 0.3) is 5.91 Å². The highest BCUT2D eigenvalue weighted by Gasteiger charge is 2.12. The molecule has 1 amide bonds.